The summed E-state index contributed by atoms with van der Waals surface area (Å²) >= 11 is 0. The normalized spacial score (nSPS) is 14.7. The summed E-state index contributed by atoms with van der Waals surface area (Å²) in [6, 6.07) is -1.54. The van der Waals surface area contributed by atoms with E-state index in [1.807, 2.05) is 12.2 Å². The number of aliphatic carboxylic acids is 1. The smallest absolute Gasteiger partial charge is 0.472 e. The highest BCUT2D eigenvalue weighted by Crippen LogP contribution is 2.43. The van der Waals surface area contributed by atoms with Crippen molar-refractivity contribution in [1.29, 1.82) is 0 Å². The van der Waals surface area contributed by atoms with Crippen LogP contribution < -0.4 is 5.73 Å². The number of carbonyl (C=O) groups is 3. The molecule has 11 nitrogen and oxygen atoms in total. The van der Waals surface area contributed by atoms with Gasteiger partial charge >= 0.3 is 25.7 Å². The predicted octanol–water partition coefficient (Wildman–Crippen LogP) is 11.3. The number of phosphoric acid groups is 1. The summed E-state index contributed by atoms with van der Waals surface area (Å²) in [5.41, 5.74) is 5.32. The molecule has 0 rings (SSSR count). The number of carbonyl (C=O) groups excluding carboxylic acids is 2. The number of ether oxygens (including phenoxy) is 2. The molecule has 0 heterocycles. The van der Waals surface area contributed by atoms with Crippen molar-refractivity contribution >= 4 is 25.7 Å². The van der Waals surface area contributed by atoms with E-state index in [0.717, 1.165) is 77.0 Å². The van der Waals surface area contributed by atoms with Crippen molar-refractivity contribution in [3.63, 3.8) is 0 Å². The van der Waals surface area contributed by atoms with E-state index in [1.54, 1.807) is 0 Å². The zero-order valence-electron chi connectivity index (χ0n) is 35.3. The van der Waals surface area contributed by atoms with Crippen LogP contribution in [0.3, 0.4) is 0 Å². The number of esters is 2. The van der Waals surface area contributed by atoms with Gasteiger partial charge in [-0.15, -0.1) is 0 Å². The fraction of sp³-hybridized carbons (Fsp3) is 0.587. The Labute approximate surface area is 349 Å². The van der Waals surface area contributed by atoms with Crippen LogP contribution in [0.5, 0.6) is 0 Å². The molecule has 0 aromatic carbocycles. The molecular weight excluding hydrogens is 757 g/mol. The van der Waals surface area contributed by atoms with Crippen LogP contribution >= 0.6 is 7.82 Å². The summed E-state index contributed by atoms with van der Waals surface area (Å²) in [6.07, 6.45) is 50.6. The molecule has 0 saturated carbocycles. The molecule has 0 aliphatic carbocycles. The third kappa shape index (κ3) is 39.2. The van der Waals surface area contributed by atoms with Crippen LogP contribution in [0, 0.1) is 0 Å². The van der Waals surface area contributed by atoms with E-state index in [0.29, 0.717) is 12.8 Å². The summed E-state index contributed by atoms with van der Waals surface area (Å²) in [5.74, 6) is -2.52. The number of allylic oxidation sites excluding steroid dienone is 16. The number of nitrogens with two attached hydrogens (primary N) is 1. The summed E-state index contributed by atoms with van der Waals surface area (Å²) < 4.78 is 32.6. The van der Waals surface area contributed by atoms with Crippen molar-refractivity contribution in [3.05, 3.63) is 97.2 Å². The van der Waals surface area contributed by atoms with Gasteiger partial charge < -0.3 is 25.2 Å². The lowest BCUT2D eigenvalue weighted by molar-refractivity contribution is -0.161. The van der Waals surface area contributed by atoms with Crippen molar-refractivity contribution in [2.24, 2.45) is 5.73 Å². The third-order valence-corrected chi connectivity index (χ3v) is 9.31. The largest absolute Gasteiger partial charge is 0.480 e. The minimum atomic E-state index is -4.74. The Bertz CT molecular complexity index is 1350. The lowest BCUT2D eigenvalue weighted by Crippen LogP contribution is -2.34. The summed E-state index contributed by atoms with van der Waals surface area (Å²) in [7, 11) is -4.74. The monoisotopic (exact) mass is 832 g/mol. The lowest BCUT2D eigenvalue weighted by atomic mass is 10.1. The second-order valence-corrected chi connectivity index (χ2v) is 15.2. The highest BCUT2D eigenvalue weighted by molar-refractivity contribution is 7.47. The molecule has 0 amide bonds. The molecule has 0 bridgehead atoms. The van der Waals surface area contributed by atoms with Crippen molar-refractivity contribution in [1.82, 2.24) is 0 Å². The van der Waals surface area contributed by atoms with Crippen LogP contribution in [0.15, 0.2) is 97.2 Å². The second kappa shape index (κ2) is 40.2. The van der Waals surface area contributed by atoms with E-state index in [2.05, 4.69) is 103 Å². The van der Waals surface area contributed by atoms with E-state index in [9.17, 15) is 23.8 Å². The van der Waals surface area contributed by atoms with Gasteiger partial charge in [-0.05, 0) is 77.0 Å². The van der Waals surface area contributed by atoms with Gasteiger partial charge in [-0.2, -0.15) is 0 Å². The quantitative estimate of drug-likeness (QED) is 0.0178. The van der Waals surface area contributed by atoms with Crippen LogP contribution in [-0.4, -0.2) is 59.9 Å². The first-order chi connectivity index (χ1) is 28.1. The van der Waals surface area contributed by atoms with Gasteiger partial charge in [0.25, 0.3) is 0 Å². The molecule has 0 fully saturated rings. The van der Waals surface area contributed by atoms with E-state index in [4.69, 9.17) is 24.8 Å². The Morgan fingerprint density at radius 1 is 0.569 bits per heavy atom. The first kappa shape index (κ1) is 54.4. The van der Waals surface area contributed by atoms with Crippen molar-refractivity contribution in [2.75, 3.05) is 19.8 Å². The number of carboxylic acid groups (broad SMARTS) is 1. The maximum absolute atomic E-state index is 12.6. The molecule has 328 valence electrons. The molecule has 3 atom stereocenters. The number of carboxylic acids is 1. The molecule has 0 spiro atoms. The zero-order valence-corrected chi connectivity index (χ0v) is 36.2. The maximum atomic E-state index is 12.6. The van der Waals surface area contributed by atoms with Crippen LogP contribution in [0.25, 0.3) is 0 Å². The number of hydrogen-bond acceptors (Lipinski definition) is 9. The van der Waals surface area contributed by atoms with E-state index in [1.165, 1.54) is 25.7 Å². The average Bonchev–Trinajstić information content (AvgIpc) is 3.20. The molecule has 0 aliphatic rings. The highest BCUT2D eigenvalue weighted by atomic mass is 31.2. The van der Waals surface area contributed by atoms with Gasteiger partial charge in [0.15, 0.2) is 6.10 Å². The van der Waals surface area contributed by atoms with Gasteiger partial charge in [0.05, 0.1) is 13.2 Å². The molecular formula is C46H74NO10P. The standard InChI is InChI=1S/C46H74NO10P/c1-3-5-7-9-11-13-15-17-19-20-21-22-24-25-27-29-31-33-35-37-44(48)54-39-42(40-55-58(52,53)56-41-43(47)46(50)51)57-45(49)38-36-34-32-30-28-26-23-18-16-14-12-10-8-6-4-2/h5,7,11,13-14,16-19,21-23,25,27,31,33,42-43H,3-4,6,8-10,12,15,20,24,26,28-30,32,34-41,47H2,1-2H3,(H,50,51)(H,52,53)/b7-5+,13-11+,16-14+,19-17+,22-21+,23-18+,27-25+,33-31+/t42-,43+/m1/s1. The number of hydrogen-bond donors (Lipinski definition) is 3. The summed E-state index contributed by atoms with van der Waals surface area (Å²) in [6.45, 7) is 2.55. The van der Waals surface area contributed by atoms with Gasteiger partial charge in [-0.3, -0.25) is 23.4 Å². The van der Waals surface area contributed by atoms with E-state index in [-0.39, 0.29) is 12.8 Å². The Kier molecular flexibility index (Phi) is 37.7. The van der Waals surface area contributed by atoms with Gasteiger partial charge in [0, 0.05) is 12.8 Å². The van der Waals surface area contributed by atoms with Crippen LogP contribution in [0.4, 0.5) is 0 Å². The van der Waals surface area contributed by atoms with Crippen LogP contribution in [0.2, 0.25) is 0 Å². The second-order valence-electron chi connectivity index (χ2n) is 13.8. The van der Waals surface area contributed by atoms with Crippen molar-refractivity contribution in [3.8, 4) is 0 Å². The topological polar surface area (TPSA) is 172 Å². The zero-order chi connectivity index (χ0) is 42.8. The molecule has 58 heavy (non-hydrogen) atoms. The third-order valence-electron chi connectivity index (χ3n) is 8.36. The summed E-state index contributed by atoms with van der Waals surface area (Å²) in [5, 5.41) is 8.88. The van der Waals surface area contributed by atoms with Crippen LogP contribution in [0.1, 0.15) is 142 Å². The molecule has 0 radical (unpaired) electrons. The minimum Gasteiger partial charge on any atom is -0.480 e. The highest BCUT2D eigenvalue weighted by Gasteiger charge is 2.28. The Morgan fingerprint density at radius 2 is 1.05 bits per heavy atom. The maximum Gasteiger partial charge on any atom is 0.472 e. The Hall–Kier alpha value is -3.60. The predicted molar refractivity (Wildman–Crippen MR) is 235 cm³/mol. The summed E-state index contributed by atoms with van der Waals surface area (Å²) in [4.78, 5) is 45.9. The molecule has 0 aromatic heterocycles. The van der Waals surface area contributed by atoms with Crippen LogP contribution in [-0.2, 0) is 37.5 Å². The van der Waals surface area contributed by atoms with Crippen molar-refractivity contribution in [2.45, 2.75) is 154 Å². The SMILES string of the molecule is CC/C=C/C/C=C/C/C=C/C/C=C/C/C=C/C/C=C/CCC(=O)OC[C@H](COP(=O)(O)OC[C@H](N)C(=O)O)OC(=O)CCCCCCC/C=C/C=C/CCCCCC. The average molecular weight is 832 g/mol. The van der Waals surface area contributed by atoms with Gasteiger partial charge in [0.1, 0.15) is 12.6 Å². The Balaban J connectivity index is 4.55. The van der Waals surface area contributed by atoms with Gasteiger partial charge in [0.2, 0.25) is 0 Å². The molecule has 4 N–H and O–H groups in total. The van der Waals surface area contributed by atoms with E-state index >= 15 is 0 Å². The van der Waals surface area contributed by atoms with E-state index < -0.39 is 57.7 Å². The molecule has 0 aliphatic heterocycles. The molecule has 0 saturated heterocycles. The molecule has 1 unspecified atom stereocenters. The van der Waals surface area contributed by atoms with Gasteiger partial charge in [-0.1, -0.05) is 150 Å². The lowest BCUT2D eigenvalue weighted by Gasteiger charge is -2.20. The number of rotatable bonds is 38. The fourth-order valence-electron chi connectivity index (χ4n) is 5.02. The first-order valence-corrected chi connectivity index (χ1v) is 22.8. The minimum absolute atomic E-state index is 0.0873. The first-order valence-electron chi connectivity index (χ1n) is 21.3. The molecule has 0 aromatic rings. The fourth-order valence-corrected chi connectivity index (χ4v) is 5.80. The Morgan fingerprint density at radius 3 is 1.59 bits per heavy atom. The van der Waals surface area contributed by atoms with Crippen molar-refractivity contribution < 1.29 is 47.5 Å². The van der Waals surface area contributed by atoms with Gasteiger partial charge in [-0.25, -0.2) is 4.57 Å². The number of unbranched alkanes of at least 4 members (excludes halogenated alkanes) is 9. The number of phosphoric ester groups is 1. The molecule has 12 heteroatoms.